The number of tetrazole rings is 1. The fourth-order valence-corrected chi connectivity index (χ4v) is 1.26. The van der Waals surface area contributed by atoms with Gasteiger partial charge in [0.15, 0.2) is 5.82 Å². The lowest BCUT2D eigenvalue weighted by atomic mass is 10.1. The highest BCUT2D eigenvalue weighted by molar-refractivity contribution is 4.76. The Morgan fingerprint density at radius 1 is 1.43 bits per heavy atom. The number of aryl methyl sites for hydroxylation is 1. The van der Waals surface area contributed by atoms with Crippen LogP contribution in [0.2, 0.25) is 0 Å². The molecule has 0 aliphatic rings. The zero-order valence-electron chi connectivity index (χ0n) is 8.98. The first-order valence-corrected chi connectivity index (χ1v) is 5.19. The van der Waals surface area contributed by atoms with Crippen molar-refractivity contribution < 1.29 is 0 Å². The van der Waals surface area contributed by atoms with Crippen LogP contribution in [0.5, 0.6) is 0 Å². The molecule has 0 radical (unpaired) electrons. The van der Waals surface area contributed by atoms with Gasteiger partial charge in [-0.2, -0.15) is 4.80 Å². The third kappa shape index (κ3) is 3.83. The van der Waals surface area contributed by atoms with E-state index in [2.05, 4.69) is 29.3 Å². The average Bonchev–Trinajstić information content (AvgIpc) is 2.53. The predicted molar refractivity (Wildman–Crippen MR) is 54.6 cm³/mol. The monoisotopic (exact) mass is 197 g/mol. The van der Waals surface area contributed by atoms with Crippen molar-refractivity contribution in [2.75, 3.05) is 6.54 Å². The summed E-state index contributed by atoms with van der Waals surface area (Å²) in [6, 6.07) is 0. The number of nitrogens with two attached hydrogens (primary N) is 1. The van der Waals surface area contributed by atoms with Gasteiger partial charge in [-0.15, -0.1) is 10.2 Å². The van der Waals surface area contributed by atoms with Crippen LogP contribution in [-0.4, -0.2) is 26.8 Å². The highest BCUT2D eigenvalue weighted by Crippen LogP contribution is 2.06. The van der Waals surface area contributed by atoms with Crippen LogP contribution in [0.3, 0.4) is 0 Å². The summed E-state index contributed by atoms with van der Waals surface area (Å²) in [5, 5.41) is 12.1. The van der Waals surface area contributed by atoms with Crippen LogP contribution < -0.4 is 5.73 Å². The van der Waals surface area contributed by atoms with Crippen molar-refractivity contribution in [2.45, 2.75) is 39.7 Å². The Morgan fingerprint density at radius 3 is 2.86 bits per heavy atom. The largest absolute Gasteiger partial charge is 0.329 e. The summed E-state index contributed by atoms with van der Waals surface area (Å²) in [6.45, 7) is 5.65. The van der Waals surface area contributed by atoms with Crippen molar-refractivity contribution in [3.8, 4) is 0 Å². The molecule has 0 aliphatic heterocycles. The summed E-state index contributed by atoms with van der Waals surface area (Å²) in [5.41, 5.74) is 5.38. The Labute approximate surface area is 84.7 Å². The molecule has 14 heavy (non-hydrogen) atoms. The van der Waals surface area contributed by atoms with Gasteiger partial charge in [0, 0.05) is 13.0 Å². The summed E-state index contributed by atoms with van der Waals surface area (Å²) in [4.78, 5) is 1.56. The molecule has 0 fully saturated rings. The molecule has 5 heteroatoms. The molecule has 0 saturated heterocycles. The molecule has 0 unspecified atom stereocenters. The van der Waals surface area contributed by atoms with Crippen LogP contribution in [0, 0.1) is 5.92 Å². The van der Waals surface area contributed by atoms with Crippen molar-refractivity contribution in [3.05, 3.63) is 5.82 Å². The molecule has 0 aliphatic carbocycles. The van der Waals surface area contributed by atoms with E-state index in [1.54, 1.807) is 4.80 Å². The Bertz CT molecular complexity index is 255. The molecular weight excluding hydrogens is 178 g/mol. The maximum Gasteiger partial charge on any atom is 0.174 e. The van der Waals surface area contributed by atoms with Crippen LogP contribution in [0.25, 0.3) is 0 Å². The molecule has 80 valence electrons. The van der Waals surface area contributed by atoms with E-state index in [-0.39, 0.29) is 0 Å². The van der Waals surface area contributed by atoms with Gasteiger partial charge in [0.2, 0.25) is 0 Å². The average molecular weight is 197 g/mol. The van der Waals surface area contributed by atoms with Crippen molar-refractivity contribution >= 4 is 0 Å². The number of hydrogen-bond donors (Lipinski definition) is 1. The number of nitrogens with zero attached hydrogens (tertiary/aromatic N) is 4. The minimum absolute atomic E-state index is 0.557. The van der Waals surface area contributed by atoms with Gasteiger partial charge in [-0.05, 0) is 17.6 Å². The zero-order chi connectivity index (χ0) is 10.4. The van der Waals surface area contributed by atoms with E-state index < -0.39 is 0 Å². The standard InChI is InChI=1S/C9H19N5/c1-8(2)4-3-5-9-11-13-14(12-9)7-6-10/h8H,3-7,10H2,1-2H3. The molecule has 0 saturated carbocycles. The van der Waals surface area contributed by atoms with Crippen molar-refractivity contribution in [1.29, 1.82) is 0 Å². The van der Waals surface area contributed by atoms with Crippen molar-refractivity contribution in [1.82, 2.24) is 20.2 Å². The molecule has 1 rings (SSSR count). The smallest absolute Gasteiger partial charge is 0.174 e. The first-order chi connectivity index (χ1) is 6.72. The fourth-order valence-electron chi connectivity index (χ4n) is 1.26. The topological polar surface area (TPSA) is 69.6 Å². The van der Waals surface area contributed by atoms with Gasteiger partial charge in [-0.1, -0.05) is 20.3 Å². The van der Waals surface area contributed by atoms with E-state index in [1.165, 1.54) is 6.42 Å². The van der Waals surface area contributed by atoms with Gasteiger partial charge in [0.1, 0.15) is 0 Å². The Hall–Kier alpha value is -0.970. The lowest BCUT2D eigenvalue weighted by Gasteiger charge is -2.00. The Balaban J connectivity index is 2.28. The Kier molecular flexibility index (Phi) is 4.52. The quantitative estimate of drug-likeness (QED) is 0.725. The second-order valence-corrected chi connectivity index (χ2v) is 3.88. The summed E-state index contributed by atoms with van der Waals surface area (Å²) in [7, 11) is 0. The molecular formula is C9H19N5. The minimum atomic E-state index is 0.557. The molecule has 0 amide bonds. The summed E-state index contributed by atoms with van der Waals surface area (Å²) < 4.78 is 0. The van der Waals surface area contributed by atoms with Crippen LogP contribution in [0.4, 0.5) is 0 Å². The van der Waals surface area contributed by atoms with Crippen LogP contribution in [0.1, 0.15) is 32.5 Å². The molecule has 1 heterocycles. The van der Waals surface area contributed by atoms with E-state index in [9.17, 15) is 0 Å². The van der Waals surface area contributed by atoms with Crippen molar-refractivity contribution in [2.24, 2.45) is 11.7 Å². The van der Waals surface area contributed by atoms with Gasteiger partial charge in [-0.25, -0.2) is 0 Å². The second-order valence-electron chi connectivity index (χ2n) is 3.88. The van der Waals surface area contributed by atoms with E-state index in [0.29, 0.717) is 13.1 Å². The number of hydrogen-bond acceptors (Lipinski definition) is 4. The van der Waals surface area contributed by atoms with Crippen LogP contribution >= 0.6 is 0 Å². The first-order valence-electron chi connectivity index (χ1n) is 5.19. The lowest BCUT2D eigenvalue weighted by molar-refractivity contribution is 0.524. The lowest BCUT2D eigenvalue weighted by Crippen LogP contribution is -2.12. The number of rotatable bonds is 6. The highest BCUT2D eigenvalue weighted by Gasteiger charge is 2.02. The van der Waals surface area contributed by atoms with Gasteiger partial charge in [0.25, 0.3) is 0 Å². The molecule has 0 spiro atoms. The third-order valence-corrected chi connectivity index (χ3v) is 2.01. The minimum Gasteiger partial charge on any atom is -0.329 e. The molecule has 0 atom stereocenters. The summed E-state index contributed by atoms with van der Waals surface area (Å²) in [5.74, 6) is 1.58. The molecule has 5 nitrogen and oxygen atoms in total. The predicted octanol–water partition coefficient (Wildman–Crippen LogP) is 0.610. The normalized spacial score (nSPS) is 11.1. The van der Waals surface area contributed by atoms with Gasteiger partial charge < -0.3 is 5.73 Å². The Morgan fingerprint density at radius 2 is 2.21 bits per heavy atom. The maximum atomic E-state index is 5.38. The highest BCUT2D eigenvalue weighted by atomic mass is 15.6. The summed E-state index contributed by atoms with van der Waals surface area (Å²) >= 11 is 0. The molecule has 0 aromatic carbocycles. The maximum absolute atomic E-state index is 5.38. The van der Waals surface area contributed by atoms with E-state index in [1.807, 2.05) is 0 Å². The summed E-state index contributed by atoms with van der Waals surface area (Å²) in [6.07, 6.45) is 3.26. The van der Waals surface area contributed by atoms with Crippen molar-refractivity contribution in [3.63, 3.8) is 0 Å². The molecule has 1 aromatic rings. The van der Waals surface area contributed by atoms with Crippen LogP contribution in [-0.2, 0) is 13.0 Å². The van der Waals surface area contributed by atoms with Crippen LogP contribution in [0.15, 0.2) is 0 Å². The fraction of sp³-hybridized carbons (Fsp3) is 0.889. The van der Waals surface area contributed by atoms with Gasteiger partial charge in [0.05, 0.1) is 6.54 Å². The molecule has 0 bridgehead atoms. The molecule has 2 N–H and O–H groups in total. The zero-order valence-corrected chi connectivity index (χ0v) is 8.98. The third-order valence-electron chi connectivity index (χ3n) is 2.01. The number of aromatic nitrogens is 4. The second kappa shape index (κ2) is 5.70. The van der Waals surface area contributed by atoms with Gasteiger partial charge >= 0.3 is 0 Å². The first kappa shape index (κ1) is 11.1. The molecule has 1 aromatic heterocycles. The van der Waals surface area contributed by atoms with E-state index in [0.717, 1.165) is 24.6 Å². The van der Waals surface area contributed by atoms with E-state index in [4.69, 9.17) is 5.73 Å². The SMILES string of the molecule is CC(C)CCCc1nnn(CCN)n1. The van der Waals surface area contributed by atoms with Gasteiger partial charge in [-0.3, -0.25) is 0 Å². The van der Waals surface area contributed by atoms with E-state index >= 15 is 0 Å².